The van der Waals surface area contributed by atoms with Crippen molar-refractivity contribution in [1.82, 2.24) is 9.78 Å². The molecule has 0 bridgehead atoms. The molecule has 18 heavy (non-hydrogen) atoms. The molecular formula is C12H16N4OS. The van der Waals surface area contributed by atoms with Crippen molar-refractivity contribution in [1.29, 1.82) is 0 Å². The number of hydrogen-bond acceptors (Lipinski definition) is 5. The minimum atomic E-state index is 0.00288. The van der Waals surface area contributed by atoms with Crippen LogP contribution >= 0.6 is 11.3 Å². The van der Waals surface area contributed by atoms with E-state index in [2.05, 4.69) is 10.4 Å². The first-order chi connectivity index (χ1) is 8.49. The van der Waals surface area contributed by atoms with Crippen LogP contribution < -0.4 is 11.1 Å². The van der Waals surface area contributed by atoms with Crippen LogP contribution in [-0.2, 0) is 13.6 Å². The van der Waals surface area contributed by atoms with Gasteiger partial charge in [-0.05, 0) is 13.0 Å². The summed E-state index contributed by atoms with van der Waals surface area (Å²) in [6.45, 7) is 4.22. The molecule has 2 aromatic rings. The molecule has 3 N–H and O–H groups in total. The van der Waals surface area contributed by atoms with Crippen LogP contribution in [0.15, 0.2) is 12.3 Å². The lowest BCUT2D eigenvalue weighted by atomic mass is 10.2. The number of nitrogens with two attached hydrogens (primary N) is 1. The third kappa shape index (κ3) is 2.38. The number of anilines is 2. The summed E-state index contributed by atoms with van der Waals surface area (Å²) in [7, 11) is 1.91. The molecule has 0 aliphatic rings. The number of aromatic nitrogens is 2. The SMILES string of the molecule is CC(=O)c1sc(NCc2cnn(C)c2C)cc1N. The van der Waals surface area contributed by atoms with E-state index in [1.807, 2.05) is 24.9 Å². The molecule has 5 nitrogen and oxygen atoms in total. The van der Waals surface area contributed by atoms with Crippen molar-refractivity contribution in [2.24, 2.45) is 7.05 Å². The number of nitrogen functional groups attached to an aromatic ring is 1. The van der Waals surface area contributed by atoms with E-state index in [0.29, 0.717) is 17.1 Å². The van der Waals surface area contributed by atoms with E-state index in [0.717, 1.165) is 16.3 Å². The zero-order valence-electron chi connectivity index (χ0n) is 10.7. The van der Waals surface area contributed by atoms with E-state index in [9.17, 15) is 4.79 Å². The van der Waals surface area contributed by atoms with Crippen LogP contribution in [0.2, 0.25) is 0 Å². The predicted molar refractivity (Wildman–Crippen MR) is 74.0 cm³/mol. The Morgan fingerprint density at radius 3 is 2.83 bits per heavy atom. The monoisotopic (exact) mass is 264 g/mol. The highest BCUT2D eigenvalue weighted by atomic mass is 32.1. The van der Waals surface area contributed by atoms with Gasteiger partial charge in [0.05, 0.1) is 21.8 Å². The van der Waals surface area contributed by atoms with E-state index < -0.39 is 0 Å². The van der Waals surface area contributed by atoms with Gasteiger partial charge >= 0.3 is 0 Å². The van der Waals surface area contributed by atoms with Gasteiger partial charge in [-0.2, -0.15) is 5.10 Å². The van der Waals surface area contributed by atoms with Gasteiger partial charge in [-0.1, -0.05) is 0 Å². The molecule has 2 heterocycles. The molecule has 0 amide bonds. The molecule has 0 unspecified atom stereocenters. The number of carbonyl (C=O) groups is 1. The molecule has 0 fully saturated rings. The van der Waals surface area contributed by atoms with E-state index >= 15 is 0 Å². The number of ketones is 1. The number of Topliss-reactive ketones (excluding diaryl/α,β-unsaturated/α-hetero) is 1. The van der Waals surface area contributed by atoms with Crippen molar-refractivity contribution in [2.45, 2.75) is 20.4 Å². The third-order valence-corrected chi connectivity index (χ3v) is 4.08. The zero-order chi connectivity index (χ0) is 13.3. The number of nitrogens with one attached hydrogen (secondary N) is 1. The van der Waals surface area contributed by atoms with Crippen LogP contribution in [0.3, 0.4) is 0 Å². The first-order valence-electron chi connectivity index (χ1n) is 5.60. The molecule has 2 aromatic heterocycles. The Hall–Kier alpha value is -1.82. The van der Waals surface area contributed by atoms with Crippen LogP contribution in [0.1, 0.15) is 27.9 Å². The van der Waals surface area contributed by atoms with Gasteiger partial charge in [-0.3, -0.25) is 9.48 Å². The van der Waals surface area contributed by atoms with Gasteiger partial charge in [-0.25, -0.2) is 0 Å². The summed E-state index contributed by atoms with van der Waals surface area (Å²) >= 11 is 1.39. The van der Waals surface area contributed by atoms with Crippen molar-refractivity contribution >= 4 is 27.8 Å². The van der Waals surface area contributed by atoms with Gasteiger partial charge < -0.3 is 11.1 Å². The quantitative estimate of drug-likeness (QED) is 0.830. The Morgan fingerprint density at radius 2 is 2.33 bits per heavy atom. The Bertz CT molecular complexity index is 585. The lowest BCUT2D eigenvalue weighted by Crippen LogP contribution is -2.00. The summed E-state index contributed by atoms with van der Waals surface area (Å²) < 4.78 is 1.83. The van der Waals surface area contributed by atoms with Gasteiger partial charge in [0.15, 0.2) is 5.78 Å². The summed E-state index contributed by atoms with van der Waals surface area (Å²) in [6, 6.07) is 1.80. The van der Waals surface area contributed by atoms with Crippen molar-refractivity contribution in [3.8, 4) is 0 Å². The third-order valence-electron chi connectivity index (χ3n) is 2.87. The summed E-state index contributed by atoms with van der Waals surface area (Å²) in [5.74, 6) is 0.00288. The van der Waals surface area contributed by atoms with Crippen LogP contribution in [0.5, 0.6) is 0 Å². The Balaban J connectivity index is 2.09. The molecule has 96 valence electrons. The Labute approximate surface area is 110 Å². The smallest absolute Gasteiger partial charge is 0.171 e. The minimum absolute atomic E-state index is 0.00288. The van der Waals surface area contributed by atoms with E-state index in [1.54, 1.807) is 6.07 Å². The molecule has 2 rings (SSSR count). The Morgan fingerprint density at radius 1 is 1.61 bits per heavy atom. The van der Waals surface area contributed by atoms with Crippen molar-refractivity contribution in [3.05, 3.63) is 28.4 Å². The molecule has 0 aliphatic carbocycles. The van der Waals surface area contributed by atoms with Gasteiger partial charge in [0.2, 0.25) is 0 Å². The van der Waals surface area contributed by atoms with Crippen LogP contribution in [0, 0.1) is 6.92 Å². The zero-order valence-corrected chi connectivity index (χ0v) is 11.5. The molecule has 0 atom stereocenters. The molecule has 0 radical (unpaired) electrons. The second-order valence-corrected chi connectivity index (χ2v) is 5.24. The first kappa shape index (κ1) is 12.6. The number of aryl methyl sites for hydroxylation is 1. The minimum Gasteiger partial charge on any atom is -0.397 e. The van der Waals surface area contributed by atoms with Crippen LogP contribution in [0.4, 0.5) is 10.7 Å². The summed E-state index contributed by atoms with van der Waals surface area (Å²) in [4.78, 5) is 11.9. The highest BCUT2D eigenvalue weighted by Gasteiger charge is 2.11. The average molecular weight is 264 g/mol. The van der Waals surface area contributed by atoms with Gasteiger partial charge in [-0.15, -0.1) is 11.3 Å². The second kappa shape index (κ2) is 4.81. The van der Waals surface area contributed by atoms with E-state index in [4.69, 9.17) is 5.73 Å². The van der Waals surface area contributed by atoms with E-state index in [1.165, 1.54) is 18.3 Å². The Kier molecular flexibility index (Phi) is 3.38. The first-order valence-corrected chi connectivity index (χ1v) is 6.42. The van der Waals surface area contributed by atoms with E-state index in [-0.39, 0.29) is 5.78 Å². The molecule has 0 aromatic carbocycles. The lowest BCUT2D eigenvalue weighted by molar-refractivity contribution is 0.102. The maximum atomic E-state index is 11.3. The fourth-order valence-electron chi connectivity index (χ4n) is 1.67. The predicted octanol–water partition coefficient (Wildman–Crippen LogP) is 2.19. The largest absolute Gasteiger partial charge is 0.397 e. The fourth-order valence-corrected chi connectivity index (χ4v) is 2.54. The van der Waals surface area contributed by atoms with Crippen molar-refractivity contribution in [3.63, 3.8) is 0 Å². The summed E-state index contributed by atoms with van der Waals surface area (Å²) in [6.07, 6.45) is 1.84. The number of rotatable bonds is 4. The maximum absolute atomic E-state index is 11.3. The molecule has 0 saturated heterocycles. The van der Waals surface area contributed by atoms with Crippen molar-refractivity contribution < 1.29 is 4.79 Å². The van der Waals surface area contributed by atoms with Crippen LogP contribution in [-0.4, -0.2) is 15.6 Å². The van der Waals surface area contributed by atoms with Gasteiger partial charge in [0, 0.05) is 31.8 Å². The molecular weight excluding hydrogens is 248 g/mol. The lowest BCUT2D eigenvalue weighted by Gasteiger charge is -2.02. The average Bonchev–Trinajstić information content (AvgIpc) is 2.82. The standard InChI is InChI=1S/C12H16N4OS/c1-7-9(6-15-16(7)3)5-14-11-4-10(13)12(18-11)8(2)17/h4,6,14H,5,13H2,1-3H3. The summed E-state index contributed by atoms with van der Waals surface area (Å²) in [5, 5.41) is 8.35. The number of hydrogen-bond donors (Lipinski definition) is 2. The molecule has 6 heteroatoms. The van der Waals surface area contributed by atoms with Gasteiger partial charge in [0.25, 0.3) is 0 Å². The highest BCUT2D eigenvalue weighted by Crippen LogP contribution is 2.29. The normalized spacial score (nSPS) is 10.6. The maximum Gasteiger partial charge on any atom is 0.171 e. The van der Waals surface area contributed by atoms with Crippen LogP contribution in [0.25, 0.3) is 0 Å². The number of nitrogens with zero attached hydrogens (tertiary/aromatic N) is 2. The molecule has 0 spiro atoms. The second-order valence-electron chi connectivity index (χ2n) is 4.18. The number of carbonyl (C=O) groups excluding carboxylic acids is 1. The fraction of sp³-hybridized carbons (Fsp3) is 0.333. The topological polar surface area (TPSA) is 72.9 Å². The highest BCUT2D eigenvalue weighted by molar-refractivity contribution is 7.18. The summed E-state index contributed by atoms with van der Waals surface area (Å²) in [5.41, 5.74) is 8.58. The molecule has 0 aliphatic heterocycles. The number of thiophene rings is 1. The van der Waals surface area contributed by atoms with Gasteiger partial charge in [0.1, 0.15) is 0 Å². The molecule has 0 saturated carbocycles. The van der Waals surface area contributed by atoms with Crippen molar-refractivity contribution in [2.75, 3.05) is 11.1 Å².